The van der Waals surface area contributed by atoms with Gasteiger partial charge >= 0.3 is 0 Å². The summed E-state index contributed by atoms with van der Waals surface area (Å²) in [6.07, 6.45) is 1.85. The van der Waals surface area contributed by atoms with Gasteiger partial charge in [-0.25, -0.2) is 8.42 Å². The van der Waals surface area contributed by atoms with Crippen molar-refractivity contribution in [1.82, 2.24) is 9.21 Å². The molecular formula is C15H22N2O3S2. The summed E-state index contributed by atoms with van der Waals surface area (Å²) in [5, 5.41) is 0. The normalized spacial score (nSPS) is 26.2. The van der Waals surface area contributed by atoms with Crippen LogP contribution in [0.4, 0.5) is 0 Å². The van der Waals surface area contributed by atoms with Crippen LogP contribution in [0.25, 0.3) is 0 Å². The number of amides is 1. The fourth-order valence-corrected chi connectivity index (χ4v) is 6.83. The van der Waals surface area contributed by atoms with E-state index in [1.807, 2.05) is 18.7 Å². The number of thiophene rings is 1. The summed E-state index contributed by atoms with van der Waals surface area (Å²) in [4.78, 5) is 15.8. The first-order valence-electron chi connectivity index (χ1n) is 7.63. The number of carbonyl (C=O) groups is 1. The molecule has 0 spiro atoms. The van der Waals surface area contributed by atoms with E-state index in [0.717, 1.165) is 22.6 Å². The van der Waals surface area contributed by atoms with Gasteiger partial charge in [-0.1, -0.05) is 0 Å². The molecule has 3 aliphatic rings. The van der Waals surface area contributed by atoms with Crippen molar-refractivity contribution in [2.45, 2.75) is 44.6 Å². The average molecular weight is 342 g/mol. The van der Waals surface area contributed by atoms with E-state index >= 15 is 0 Å². The zero-order valence-electron chi connectivity index (χ0n) is 13.2. The van der Waals surface area contributed by atoms with Gasteiger partial charge in [-0.15, -0.1) is 11.3 Å². The van der Waals surface area contributed by atoms with Crippen LogP contribution in [0.2, 0.25) is 0 Å². The second kappa shape index (κ2) is 5.62. The quantitative estimate of drug-likeness (QED) is 0.826. The number of aryl methyl sites for hydroxylation is 2. The standard InChI is InChI=1S/C15H22N2O3S2/c1-10-6-15(11(2)21-10)22(19,20)17-8-13-4-5-14(17)9-16(7-13)12(3)18/h6,13-14H,4-5,7-9H2,1-3H3/t13-,14+/m0/s1. The number of piperidine rings is 1. The predicted molar refractivity (Wildman–Crippen MR) is 86.5 cm³/mol. The SMILES string of the molecule is CC(=O)N1C[C@@H]2CC[C@H](C1)N(S(=O)(=O)c1cc(C)sc1C)C2. The molecule has 0 radical (unpaired) electrons. The molecule has 7 heteroatoms. The molecule has 3 fully saturated rings. The molecule has 0 unspecified atom stereocenters. The van der Waals surface area contributed by atoms with Crippen LogP contribution in [0.5, 0.6) is 0 Å². The monoisotopic (exact) mass is 342 g/mol. The topological polar surface area (TPSA) is 57.7 Å². The van der Waals surface area contributed by atoms with Gasteiger partial charge in [-0.05, 0) is 38.7 Å². The van der Waals surface area contributed by atoms with E-state index in [-0.39, 0.29) is 17.9 Å². The number of carbonyl (C=O) groups excluding carboxylic acids is 1. The minimum atomic E-state index is -3.47. The molecule has 4 heterocycles. The number of hydrogen-bond donors (Lipinski definition) is 0. The minimum absolute atomic E-state index is 0.0405. The zero-order chi connectivity index (χ0) is 16.1. The van der Waals surface area contributed by atoms with E-state index in [4.69, 9.17) is 0 Å². The first-order valence-corrected chi connectivity index (χ1v) is 9.89. The largest absolute Gasteiger partial charge is 0.341 e. The van der Waals surface area contributed by atoms with Crippen molar-refractivity contribution in [3.8, 4) is 0 Å². The van der Waals surface area contributed by atoms with Crippen LogP contribution in [0.3, 0.4) is 0 Å². The molecule has 2 bridgehead atoms. The van der Waals surface area contributed by atoms with E-state index in [0.29, 0.717) is 24.5 Å². The van der Waals surface area contributed by atoms with Crippen LogP contribution in [0.1, 0.15) is 29.5 Å². The van der Waals surface area contributed by atoms with Gasteiger partial charge in [0, 0.05) is 42.4 Å². The molecule has 1 aromatic rings. The highest BCUT2D eigenvalue weighted by Gasteiger charge is 2.42. The van der Waals surface area contributed by atoms with Crippen molar-refractivity contribution >= 4 is 27.3 Å². The van der Waals surface area contributed by atoms with Gasteiger partial charge in [0.05, 0.1) is 4.90 Å². The predicted octanol–water partition coefficient (Wildman–Crippen LogP) is 2.00. The maximum absolute atomic E-state index is 13.1. The first kappa shape index (κ1) is 16.0. The number of sulfonamides is 1. The van der Waals surface area contributed by atoms with Crippen LogP contribution in [0.15, 0.2) is 11.0 Å². The van der Waals surface area contributed by atoms with Crippen LogP contribution < -0.4 is 0 Å². The van der Waals surface area contributed by atoms with Crippen molar-refractivity contribution in [2.75, 3.05) is 19.6 Å². The summed E-state index contributed by atoms with van der Waals surface area (Å²) < 4.78 is 27.8. The maximum Gasteiger partial charge on any atom is 0.244 e. The number of fused-ring (bicyclic) bond motifs is 4. The van der Waals surface area contributed by atoms with E-state index in [1.165, 1.54) is 11.3 Å². The Kier molecular flexibility index (Phi) is 4.07. The molecule has 22 heavy (non-hydrogen) atoms. The smallest absolute Gasteiger partial charge is 0.244 e. The fourth-order valence-electron chi connectivity index (χ4n) is 3.58. The number of nitrogens with zero attached hydrogens (tertiary/aromatic N) is 2. The third-order valence-corrected chi connectivity index (χ3v) is 7.83. The Balaban J connectivity index is 1.95. The lowest BCUT2D eigenvalue weighted by Gasteiger charge is -2.34. The van der Waals surface area contributed by atoms with Gasteiger partial charge < -0.3 is 4.90 Å². The van der Waals surface area contributed by atoms with Crippen molar-refractivity contribution in [3.05, 3.63) is 15.8 Å². The van der Waals surface area contributed by atoms with Gasteiger partial charge in [0.25, 0.3) is 0 Å². The molecule has 4 rings (SSSR count). The molecule has 3 saturated heterocycles. The lowest BCUT2D eigenvalue weighted by atomic mass is 9.97. The molecular weight excluding hydrogens is 320 g/mol. The highest BCUT2D eigenvalue weighted by atomic mass is 32.2. The van der Waals surface area contributed by atoms with E-state index in [9.17, 15) is 13.2 Å². The Bertz CT molecular complexity index is 696. The molecule has 0 aromatic carbocycles. The van der Waals surface area contributed by atoms with Gasteiger partial charge in [0.1, 0.15) is 0 Å². The van der Waals surface area contributed by atoms with Crippen LogP contribution in [-0.2, 0) is 14.8 Å². The Morgan fingerprint density at radius 3 is 2.55 bits per heavy atom. The van der Waals surface area contributed by atoms with Gasteiger partial charge in [0.2, 0.25) is 15.9 Å². The third-order valence-electron chi connectivity index (χ3n) is 4.69. The van der Waals surface area contributed by atoms with Gasteiger partial charge in [-0.3, -0.25) is 4.79 Å². The summed E-state index contributed by atoms with van der Waals surface area (Å²) in [7, 11) is -3.47. The molecule has 1 amide bonds. The fraction of sp³-hybridized carbons (Fsp3) is 0.667. The Labute approximate surface area is 136 Å². The molecule has 0 aliphatic carbocycles. The zero-order valence-corrected chi connectivity index (χ0v) is 14.8. The summed E-state index contributed by atoms with van der Waals surface area (Å²) in [6, 6.07) is 1.68. The molecule has 5 nitrogen and oxygen atoms in total. The van der Waals surface area contributed by atoms with Crippen molar-refractivity contribution < 1.29 is 13.2 Å². The second-order valence-corrected chi connectivity index (χ2v) is 9.69. The van der Waals surface area contributed by atoms with Gasteiger partial charge in [0.15, 0.2) is 0 Å². The molecule has 2 atom stereocenters. The summed E-state index contributed by atoms with van der Waals surface area (Å²) in [5.41, 5.74) is 0. The lowest BCUT2D eigenvalue weighted by molar-refractivity contribution is -0.129. The summed E-state index contributed by atoms with van der Waals surface area (Å²) in [5.74, 6) is 0.288. The van der Waals surface area contributed by atoms with Crippen molar-refractivity contribution in [1.29, 1.82) is 0 Å². The molecule has 122 valence electrons. The van der Waals surface area contributed by atoms with Crippen LogP contribution >= 0.6 is 11.3 Å². The summed E-state index contributed by atoms with van der Waals surface area (Å²) >= 11 is 1.52. The number of hydrogen-bond acceptors (Lipinski definition) is 4. The highest BCUT2D eigenvalue weighted by Crippen LogP contribution is 2.35. The van der Waals surface area contributed by atoms with Crippen molar-refractivity contribution in [3.63, 3.8) is 0 Å². The Hall–Kier alpha value is -0.920. The third kappa shape index (κ3) is 2.70. The lowest BCUT2D eigenvalue weighted by Crippen LogP contribution is -2.47. The van der Waals surface area contributed by atoms with Crippen LogP contribution in [0, 0.1) is 19.8 Å². The van der Waals surface area contributed by atoms with E-state index in [2.05, 4.69) is 0 Å². The Morgan fingerprint density at radius 2 is 1.95 bits per heavy atom. The molecule has 0 saturated carbocycles. The average Bonchev–Trinajstić information content (AvgIpc) is 2.65. The van der Waals surface area contributed by atoms with Crippen molar-refractivity contribution in [2.24, 2.45) is 5.92 Å². The number of rotatable bonds is 2. The van der Waals surface area contributed by atoms with Gasteiger partial charge in [-0.2, -0.15) is 4.31 Å². The van der Waals surface area contributed by atoms with E-state index < -0.39 is 10.0 Å². The molecule has 3 aliphatic heterocycles. The Morgan fingerprint density at radius 1 is 1.23 bits per heavy atom. The highest BCUT2D eigenvalue weighted by molar-refractivity contribution is 7.89. The second-order valence-electron chi connectivity index (χ2n) is 6.37. The summed E-state index contributed by atoms with van der Waals surface area (Å²) in [6.45, 7) is 7.10. The molecule has 0 N–H and O–H groups in total. The first-order chi connectivity index (χ1) is 10.3. The van der Waals surface area contributed by atoms with Crippen LogP contribution in [-0.4, -0.2) is 49.2 Å². The maximum atomic E-state index is 13.1. The van der Waals surface area contributed by atoms with E-state index in [1.54, 1.807) is 17.3 Å². The molecule has 1 aromatic heterocycles. The minimum Gasteiger partial charge on any atom is -0.341 e.